The van der Waals surface area contributed by atoms with E-state index in [1.54, 1.807) is 6.07 Å². The van der Waals surface area contributed by atoms with E-state index in [1.807, 2.05) is 18.2 Å². The van der Waals surface area contributed by atoms with Crippen molar-refractivity contribution in [1.82, 2.24) is 5.16 Å². The molecule has 0 radical (unpaired) electrons. The number of hydrogen-bond acceptors (Lipinski definition) is 4. The number of aryl methyl sites for hydroxylation is 3. The topological polar surface area (TPSA) is 52.3 Å². The zero-order valence-electron chi connectivity index (χ0n) is 17.3. The number of nitrogens with zero attached hydrogens (tertiary/aromatic N) is 1. The van der Waals surface area contributed by atoms with E-state index in [0.29, 0.717) is 5.69 Å². The maximum absolute atomic E-state index is 12.8. The zero-order chi connectivity index (χ0) is 20.4. The van der Waals surface area contributed by atoms with Gasteiger partial charge in [-0.05, 0) is 56.7 Å². The Hall–Kier alpha value is -2.88. The molecule has 3 aromatic rings. The van der Waals surface area contributed by atoms with Gasteiger partial charge in [0.05, 0.1) is 0 Å². The van der Waals surface area contributed by atoms with Crippen molar-refractivity contribution in [2.24, 2.45) is 0 Å². The van der Waals surface area contributed by atoms with Crippen LogP contribution in [0.5, 0.6) is 0 Å². The molecule has 1 aromatic heterocycles. The van der Waals surface area contributed by atoms with Gasteiger partial charge < -0.3 is 9.26 Å². The Labute approximate surface area is 171 Å². The minimum atomic E-state index is -0.431. The number of hydrogen-bond donors (Lipinski definition) is 0. The highest BCUT2D eigenvalue weighted by Crippen LogP contribution is 2.36. The lowest BCUT2D eigenvalue weighted by Gasteiger charge is -2.31. The number of carbonyl (C=O) groups is 1. The molecular formula is C25H27NO3. The molecular weight excluding hydrogens is 362 g/mol. The van der Waals surface area contributed by atoms with Crippen molar-refractivity contribution >= 4 is 5.97 Å². The van der Waals surface area contributed by atoms with E-state index in [2.05, 4.69) is 50.2 Å². The average Bonchev–Trinajstić information content (AvgIpc) is 3.18. The predicted molar refractivity (Wildman–Crippen MR) is 113 cm³/mol. The van der Waals surface area contributed by atoms with Crippen molar-refractivity contribution < 1.29 is 14.1 Å². The first-order chi connectivity index (χ1) is 14.0. The van der Waals surface area contributed by atoms with Crippen LogP contribution < -0.4 is 0 Å². The van der Waals surface area contributed by atoms with Crippen LogP contribution >= 0.6 is 0 Å². The molecule has 1 saturated carbocycles. The zero-order valence-corrected chi connectivity index (χ0v) is 17.3. The summed E-state index contributed by atoms with van der Waals surface area (Å²) in [5.41, 5.74) is 6.36. The van der Waals surface area contributed by atoms with Crippen LogP contribution in [0.1, 0.15) is 64.4 Å². The summed E-state index contributed by atoms with van der Waals surface area (Å²) in [6, 6.07) is 16.3. The van der Waals surface area contributed by atoms with Gasteiger partial charge in [-0.15, -0.1) is 0 Å². The average molecular weight is 389 g/mol. The summed E-state index contributed by atoms with van der Waals surface area (Å²) in [6.45, 7) is 6.17. The molecule has 150 valence electrons. The second-order valence-electron chi connectivity index (χ2n) is 8.10. The third kappa shape index (κ3) is 4.12. The number of rotatable bonds is 4. The van der Waals surface area contributed by atoms with Crippen molar-refractivity contribution in [2.45, 2.75) is 58.5 Å². The highest BCUT2D eigenvalue weighted by Gasteiger charge is 2.31. The predicted octanol–water partition coefficient (Wildman–Crippen LogP) is 6.15. The van der Waals surface area contributed by atoms with Gasteiger partial charge in [0.15, 0.2) is 0 Å². The molecule has 0 amide bonds. The van der Waals surface area contributed by atoms with Crippen molar-refractivity contribution in [1.29, 1.82) is 0 Å². The Morgan fingerprint density at radius 2 is 1.69 bits per heavy atom. The first kappa shape index (κ1) is 19.4. The SMILES string of the molecule is Cc1cc(C)c(-c2cc(C(=O)O[C@@H]3CCCC[C@H]3c3ccccc3)on2)c(C)c1. The molecule has 0 unspecified atom stereocenters. The van der Waals surface area contributed by atoms with E-state index in [-0.39, 0.29) is 17.8 Å². The molecule has 1 aliphatic rings. The Morgan fingerprint density at radius 1 is 1.00 bits per heavy atom. The van der Waals surface area contributed by atoms with E-state index < -0.39 is 5.97 Å². The van der Waals surface area contributed by atoms with Crippen molar-refractivity contribution in [2.75, 3.05) is 0 Å². The van der Waals surface area contributed by atoms with E-state index in [0.717, 1.165) is 42.4 Å². The highest BCUT2D eigenvalue weighted by molar-refractivity contribution is 5.88. The van der Waals surface area contributed by atoms with E-state index in [1.165, 1.54) is 11.1 Å². The fraction of sp³-hybridized carbons (Fsp3) is 0.360. The molecule has 0 bridgehead atoms. The van der Waals surface area contributed by atoms with Gasteiger partial charge in [-0.25, -0.2) is 4.79 Å². The molecule has 1 aliphatic carbocycles. The van der Waals surface area contributed by atoms with Crippen LogP contribution in [-0.2, 0) is 4.74 Å². The summed E-state index contributed by atoms with van der Waals surface area (Å²) in [5, 5.41) is 4.15. The third-order valence-electron chi connectivity index (χ3n) is 5.83. The first-order valence-electron chi connectivity index (χ1n) is 10.3. The summed E-state index contributed by atoms with van der Waals surface area (Å²) in [5.74, 6) is -0.0337. The van der Waals surface area contributed by atoms with E-state index >= 15 is 0 Å². The summed E-state index contributed by atoms with van der Waals surface area (Å²) >= 11 is 0. The van der Waals surface area contributed by atoms with Gasteiger partial charge in [0.2, 0.25) is 5.76 Å². The van der Waals surface area contributed by atoms with Crippen LogP contribution in [0.2, 0.25) is 0 Å². The number of carbonyl (C=O) groups excluding carboxylic acids is 1. The molecule has 0 saturated heterocycles. The van der Waals surface area contributed by atoms with Gasteiger partial charge in [0.1, 0.15) is 11.8 Å². The monoisotopic (exact) mass is 389 g/mol. The van der Waals surface area contributed by atoms with Crippen LogP contribution in [0, 0.1) is 20.8 Å². The molecule has 0 spiro atoms. The molecule has 2 atom stereocenters. The van der Waals surface area contributed by atoms with Crippen molar-refractivity contribution in [3.63, 3.8) is 0 Å². The summed E-state index contributed by atoms with van der Waals surface area (Å²) in [6.07, 6.45) is 4.01. The molecule has 2 aromatic carbocycles. The molecule has 4 nitrogen and oxygen atoms in total. The van der Waals surface area contributed by atoms with Gasteiger partial charge >= 0.3 is 5.97 Å². The second-order valence-corrected chi connectivity index (χ2v) is 8.10. The quantitative estimate of drug-likeness (QED) is 0.502. The van der Waals surface area contributed by atoms with E-state index in [4.69, 9.17) is 9.26 Å². The van der Waals surface area contributed by atoms with Gasteiger partial charge in [0, 0.05) is 17.5 Å². The van der Waals surface area contributed by atoms with Crippen LogP contribution in [0.4, 0.5) is 0 Å². The third-order valence-corrected chi connectivity index (χ3v) is 5.83. The Kier molecular flexibility index (Phi) is 5.52. The Morgan fingerprint density at radius 3 is 2.41 bits per heavy atom. The molecule has 0 aliphatic heterocycles. The Bertz CT molecular complexity index is 983. The summed E-state index contributed by atoms with van der Waals surface area (Å²) in [4.78, 5) is 12.8. The van der Waals surface area contributed by atoms with Crippen molar-refractivity contribution in [3.8, 4) is 11.3 Å². The van der Waals surface area contributed by atoms with Gasteiger partial charge in [-0.2, -0.15) is 0 Å². The van der Waals surface area contributed by atoms with Crippen LogP contribution in [0.25, 0.3) is 11.3 Å². The smallest absolute Gasteiger partial charge is 0.377 e. The normalized spacial score (nSPS) is 19.1. The number of benzene rings is 2. The van der Waals surface area contributed by atoms with Crippen LogP contribution in [0.3, 0.4) is 0 Å². The minimum absolute atomic E-state index is 0.130. The highest BCUT2D eigenvalue weighted by atomic mass is 16.6. The lowest BCUT2D eigenvalue weighted by atomic mass is 9.81. The van der Waals surface area contributed by atoms with Crippen LogP contribution in [0.15, 0.2) is 53.1 Å². The fourth-order valence-corrected chi connectivity index (χ4v) is 4.59. The molecule has 1 heterocycles. The number of esters is 1. The minimum Gasteiger partial charge on any atom is -0.456 e. The molecule has 1 fully saturated rings. The fourth-order valence-electron chi connectivity index (χ4n) is 4.59. The van der Waals surface area contributed by atoms with Crippen molar-refractivity contribution in [3.05, 3.63) is 76.5 Å². The maximum atomic E-state index is 12.8. The Balaban J connectivity index is 1.54. The lowest BCUT2D eigenvalue weighted by molar-refractivity contribution is 0.0101. The number of aromatic nitrogens is 1. The summed E-state index contributed by atoms with van der Waals surface area (Å²) in [7, 11) is 0. The first-order valence-corrected chi connectivity index (χ1v) is 10.3. The molecule has 4 heteroatoms. The van der Waals surface area contributed by atoms with Gasteiger partial charge in [-0.3, -0.25) is 0 Å². The van der Waals surface area contributed by atoms with Gasteiger partial charge in [-0.1, -0.05) is 59.6 Å². The molecule has 0 N–H and O–H groups in total. The van der Waals surface area contributed by atoms with Crippen LogP contribution in [-0.4, -0.2) is 17.2 Å². The molecule has 29 heavy (non-hydrogen) atoms. The maximum Gasteiger partial charge on any atom is 0.377 e. The number of ether oxygens (including phenoxy) is 1. The summed E-state index contributed by atoms with van der Waals surface area (Å²) < 4.78 is 11.3. The largest absolute Gasteiger partial charge is 0.456 e. The van der Waals surface area contributed by atoms with Gasteiger partial charge in [0.25, 0.3) is 0 Å². The standard InChI is InChI=1S/C25H27NO3/c1-16-13-17(2)24(18(3)14-16)21-15-23(29-26-21)25(27)28-22-12-8-7-11-20(22)19-9-5-4-6-10-19/h4-6,9-10,13-15,20,22H,7-8,11-12H2,1-3H3/t20-,22+/m0/s1. The van der Waals surface area contributed by atoms with E-state index in [9.17, 15) is 4.79 Å². The second kappa shape index (κ2) is 8.24. The molecule has 4 rings (SSSR count). The lowest BCUT2D eigenvalue weighted by Crippen LogP contribution is -2.28.